The lowest BCUT2D eigenvalue weighted by Crippen LogP contribution is -2.64. The number of aryl methyl sites for hydroxylation is 1. The predicted octanol–water partition coefficient (Wildman–Crippen LogP) is 1.88. The van der Waals surface area contributed by atoms with Gasteiger partial charge in [-0.25, -0.2) is 0 Å². The molecule has 4 N–H and O–H groups in total. The van der Waals surface area contributed by atoms with Crippen molar-refractivity contribution in [2.45, 2.75) is 50.0 Å². The third-order valence-electron chi connectivity index (χ3n) is 5.53. The Kier molecular flexibility index (Phi) is 7.11. The number of ether oxygens (including phenoxy) is 2. The first-order valence-electron chi connectivity index (χ1n) is 9.61. The van der Waals surface area contributed by atoms with Crippen LogP contribution in [-0.4, -0.2) is 58.6 Å². The Morgan fingerprint density at radius 1 is 1.03 bits per heavy atom. The molecule has 0 saturated carbocycles. The molecular weight excluding hydrogens is 440 g/mol. The van der Waals surface area contributed by atoms with Crippen LogP contribution in [0.1, 0.15) is 29.2 Å². The zero-order valence-corrected chi connectivity index (χ0v) is 18.0. The summed E-state index contributed by atoms with van der Waals surface area (Å²) in [6.45, 7) is 1.59. The number of halogens is 1. The van der Waals surface area contributed by atoms with Crippen molar-refractivity contribution >= 4 is 15.9 Å². The summed E-state index contributed by atoms with van der Waals surface area (Å²) in [4.78, 5) is 0. The maximum atomic E-state index is 10.7. The Labute approximate surface area is 178 Å². The van der Waals surface area contributed by atoms with Crippen molar-refractivity contribution in [1.29, 1.82) is 0 Å². The van der Waals surface area contributed by atoms with E-state index in [9.17, 15) is 20.4 Å². The minimum atomic E-state index is -1.71. The number of benzene rings is 2. The molecule has 3 rings (SSSR count). The van der Waals surface area contributed by atoms with E-state index in [1.165, 1.54) is 12.7 Å². The van der Waals surface area contributed by atoms with Gasteiger partial charge in [-0.3, -0.25) is 0 Å². The second-order valence-corrected chi connectivity index (χ2v) is 8.14. The fourth-order valence-electron chi connectivity index (χ4n) is 3.71. The van der Waals surface area contributed by atoms with Gasteiger partial charge < -0.3 is 29.9 Å². The fourth-order valence-corrected chi connectivity index (χ4v) is 4.09. The quantitative estimate of drug-likeness (QED) is 0.518. The van der Waals surface area contributed by atoms with Gasteiger partial charge in [0.1, 0.15) is 24.4 Å². The van der Waals surface area contributed by atoms with Crippen molar-refractivity contribution in [1.82, 2.24) is 0 Å². The summed E-state index contributed by atoms with van der Waals surface area (Å²) in [6.07, 6.45) is -3.97. The molecule has 0 aliphatic carbocycles. The fraction of sp³-hybridized carbons (Fsp3) is 0.455. The van der Waals surface area contributed by atoms with E-state index in [2.05, 4.69) is 47.1 Å². The van der Waals surface area contributed by atoms with Gasteiger partial charge in [0, 0.05) is 17.1 Å². The van der Waals surface area contributed by atoms with E-state index in [-0.39, 0.29) is 0 Å². The van der Waals surface area contributed by atoms with Gasteiger partial charge in [-0.1, -0.05) is 53.2 Å². The zero-order chi connectivity index (χ0) is 21.2. The molecule has 0 amide bonds. The molecule has 5 atom stereocenters. The van der Waals surface area contributed by atoms with Gasteiger partial charge in [0.25, 0.3) is 0 Å². The van der Waals surface area contributed by atoms with E-state index in [0.717, 1.165) is 22.0 Å². The van der Waals surface area contributed by atoms with E-state index in [4.69, 9.17) is 9.47 Å². The van der Waals surface area contributed by atoms with Crippen LogP contribution in [0.5, 0.6) is 0 Å². The Bertz CT molecular complexity index is 825. The van der Waals surface area contributed by atoms with E-state index in [0.29, 0.717) is 12.0 Å². The Morgan fingerprint density at radius 3 is 2.28 bits per heavy atom. The van der Waals surface area contributed by atoms with Crippen LogP contribution in [-0.2, 0) is 28.1 Å². The molecule has 1 heterocycles. The Morgan fingerprint density at radius 2 is 1.69 bits per heavy atom. The number of hydrogen-bond acceptors (Lipinski definition) is 6. The van der Waals surface area contributed by atoms with Crippen LogP contribution < -0.4 is 0 Å². The van der Waals surface area contributed by atoms with Crippen LogP contribution >= 0.6 is 15.9 Å². The highest BCUT2D eigenvalue weighted by Gasteiger charge is 2.55. The van der Waals surface area contributed by atoms with Gasteiger partial charge in [0.05, 0.1) is 6.61 Å². The number of aliphatic hydroxyl groups is 4. The molecule has 2 aromatic carbocycles. The van der Waals surface area contributed by atoms with Crippen LogP contribution in [0.3, 0.4) is 0 Å². The molecule has 0 unspecified atom stereocenters. The summed E-state index contributed by atoms with van der Waals surface area (Å²) in [5.74, 6) is -1.71. The second kappa shape index (κ2) is 9.22. The van der Waals surface area contributed by atoms with Crippen LogP contribution in [0.4, 0.5) is 0 Å². The molecular formula is C22H27BrO6. The number of hydrogen-bond donors (Lipinski definition) is 4. The largest absolute Gasteiger partial charge is 0.394 e. The minimum absolute atomic E-state index is 0.486. The SMILES string of the molecule is CCc1ccc(Cc2cc([C@]3(OC)O[C@H](CO)[C@@H](O)[C@H](O)[C@H]3O)ccc2Br)cc1. The van der Waals surface area contributed by atoms with Crippen LogP contribution in [0, 0.1) is 0 Å². The number of rotatable bonds is 6. The van der Waals surface area contributed by atoms with Crippen molar-refractivity contribution in [3.05, 3.63) is 69.2 Å². The lowest BCUT2D eigenvalue weighted by molar-refractivity contribution is -0.366. The molecule has 6 nitrogen and oxygen atoms in total. The molecule has 158 valence electrons. The lowest BCUT2D eigenvalue weighted by atomic mass is 9.87. The molecule has 7 heteroatoms. The van der Waals surface area contributed by atoms with Crippen molar-refractivity contribution < 1.29 is 29.9 Å². The molecule has 1 fully saturated rings. The van der Waals surface area contributed by atoms with E-state index < -0.39 is 36.8 Å². The van der Waals surface area contributed by atoms with Crippen molar-refractivity contribution in [2.75, 3.05) is 13.7 Å². The van der Waals surface area contributed by atoms with Gasteiger partial charge in [-0.2, -0.15) is 0 Å². The molecule has 0 radical (unpaired) electrons. The highest BCUT2D eigenvalue weighted by Crippen LogP contribution is 2.40. The summed E-state index contributed by atoms with van der Waals surface area (Å²) in [7, 11) is 1.35. The molecule has 0 aromatic heterocycles. The molecule has 2 aromatic rings. The first-order chi connectivity index (χ1) is 13.9. The molecule has 1 saturated heterocycles. The van der Waals surface area contributed by atoms with Gasteiger partial charge in [-0.05, 0) is 41.7 Å². The monoisotopic (exact) mass is 466 g/mol. The first-order valence-corrected chi connectivity index (χ1v) is 10.4. The van der Waals surface area contributed by atoms with Gasteiger partial charge in [-0.15, -0.1) is 0 Å². The summed E-state index contributed by atoms with van der Waals surface area (Å²) >= 11 is 3.57. The minimum Gasteiger partial charge on any atom is -0.394 e. The van der Waals surface area contributed by atoms with E-state index in [1.54, 1.807) is 6.07 Å². The summed E-state index contributed by atoms with van der Waals surface area (Å²) in [5, 5.41) is 40.6. The van der Waals surface area contributed by atoms with Gasteiger partial charge >= 0.3 is 0 Å². The van der Waals surface area contributed by atoms with Crippen LogP contribution in [0.15, 0.2) is 46.9 Å². The van der Waals surface area contributed by atoms with Gasteiger partial charge in [0.15, 0.2) is 0 Å². The number of methoxy groups -OCH3 is 1. The highest BCUT2D eigenvalue weighted by molar-refractivity contribution is 9.10. The predicted molar refractivity (Wildman–Crippen MR) is 111 cm³/mol. The average molecular weight is 467 g/mol. The second-order valence-electron chi connectivity index (χ2n) is 7.29. The first kappa shape index (κ1) is 22.4. The Balaban J connectivity index is 1.97. The summed E-state index contributed by atoms with van der Waals surface area (Å²) in [6, 6.07) is 13.7. The summed E-state index contributed by atoms with van der Waals surface area (Å²) < 4.78 is 12.2. The highest BCUT2D eigenvalue weighted by atomic mass is 79.9. The van der Waals surface area contributed by atoms with E-state index >= 15 is 0 Å². The van der Waals surface area contributed by atoms with Crippen LogP contribution in [0.25, 0.3) is 0 Å². The normalized spacial score (nSPS) is 29.8. The molecule has 0 spiro atoms. The smallest absolute Gasteiger partial charge is 0.224 e. The zero-order valence-electron chi connectivity index (χ0n) is 16.5. The third kappa shape index (κ3) is 4.27. The Hall–Kier alpha value is -1.32. The van der Waals surface area contributed by atoms with Gasteiger partial charge in [0.2, 0.25) is 5.79 Å². The van der Waals surface area contributed by atoms with Crippen molar-refractivity contribution in [3.8, 4) is 0 Å². The average Bonchev–Trinajstić information content (AvgIpc) is 2.75. The summed E-state index contributed by atoms with van der Waals surface area (Å²) in [5.41, 5.74) is 3.82. The van der Waals surface area contributed by atoms with Crippen molar-refractivity contribution in [3.63, 3.8) is 0 Å². The van der Waals surface area contributed by atoms with Crippen molar-refractivity contribution in [2.24, 2.45) is 0 Å². The molecule has 0 bridgehead atoms. The standard InChI is InChI=1S/C22H27BrO6/c1-3-13-4-6-14(7-5-13)10-15-11-16(8-9-17(15)23)22(28-2)21(27)20(26)19(25)18(12-24)29-22/h4-9,11,18-21,24-27H,3,10,12H2,1-2H3/t18-,19-,20+,21-,22+/m1/s1. The topological polar surface area (TPSA) is 99.4 Å². The number of aliphatic hydroxyl groups excluding tert-OH is 4. The lowest BCUT2D eigenvalue weighted by Gasteiger charge is -2.47. The third-order valence-corrected chi connectivity index (χ3v) is 6.30. The maximum absolute atomic E-state index is 10.7. The molecule has 29 heavy (non-hydrogen) atoms. The van der Waals surface area contributed by atoms with E-state index in [1.807, 2.05) is 12.1 Å². The molecule has 1 aliphatic heterocycles. The molecule has 1 aliphatic rings. The maximum Gasteiger partial charge on any atom is 0.224 e. The van der Waals surface area contributed by atoms with Crippen LogP contribution in [0.2, 0.25) is 0 Å².